The van der Waals surface area contributed by atoms with E-state index in [4.69, 9.17) is 20.7 Å². The Bertz CT molecular complexity index is 1240. The highest BCUT2D eigenvalue weighted by Gasteiger charge is 2.34. The molecule has 0 saturated carbocycles. The smallest absolute Gasteiger partial charge is 0.300 e. The van der Waals surface area contributed by atoms with Gasteiger partial charge in [0, 0.05) is 55.6 Å². The minimum absolute atomic E-state index is 0.00744. The van der Waals surface area contributed by atoms with E-state index in [1.807, 2.05) is 53.1 Å². The number of oxazole rings is 1. The van der Waals surface area contributed by atoms with Crippen molar-refractivity contribution < 1.29 is 13.9 Å². The van der Waals surface area contributed by atoms with E-state index in [-0.39, 0.29) is 11.3 Å². The molecule has 3 aromatic rings. The number of aryl methyl sites for hydroxylation is 1. The van der Waals surface area contributed by atoms with Crippen molar-refractivity contribution >= 4 is 28.8 Å². The number of ether oxygens (including phenoxy) is 1. The Kier molecular flexibility index (Phi) is 6.08. The molecule has 10 heteroatoms. The van der Waals surface area contributed by atoms with E-state index in [0.29, 0.717) is 74.4 Å². The molecule has 2 fully saturated rings. The minimum Gasteiger partial charge on any atom is -0.422 e. The Balaban J connectivity index is 1.18. The van der Waals surface area contributed by atoms with Crippen LogP contribution in [0.4, 0.5) is 6.01 Å². The standard InChI is InChI=1S/C25H31N7O3/c1-17-3-8-21-22(28-17)29-24(35-21)31-11-9-30(10-12-31)23(33)19-6-4-18(5-7-19)20(26)13-32(27)14-25(2)15-34-16-25/h3-8,13H,9-12,14-16,26-27H2,1-2H3/b20-13-. The van der Waals surface area contributed by atoms with Crippen LogP contribution in [0.15, 0.2) is 47.0 Å². The lowest BCUT2D eigenvalue weighted by atomic mass is 9.88. The Hall–Kier alpha value is -3.63. The van der Waals surface area contributed by atoms with Crippen LogP contribution in [0.2, 0.25) is 0 Å². The van der Waals surface area contributed by atoms with Crippen LogP contribution in [-0.2, 0) is 4.74 Å². The van der Waals surface area contributed by atoms with Gasteiger partial charge >= 0.3 is 0 Å². The highest BCUT2D eigenvalue weighted by molar-refractivity contribution is 5.94. The molecule has 0 spiro atoms. The molecule has 5 rings (SSSR count). The van der Waals surface area contributed by atoms with E-state index in [2.05, 4.69) is 16.9 Å². The van der Waals surface area contributed by atoms with Crippen molar-refractivity contribution in [2.45, 2.75) is 13.8 Å². The number of nitrogens with zero attached hydrogens (tertiary/aromatic N) is 5. The second-order valence-electron chi connectivity index (χ2n) is 9.69. The van der Waals surface area contributed by atoms with E-state index in [0.717, 1.165) is 11.3 Å². The van der Waals surface area contributed by atoms with E-state index in [1.54, 1.807) is 11.2 Å². The number of hydrogen-bond acceptors (Lipinski definition) is 9. The molecule has 2 aliphatic heterocycles. The third-order valence-electron chi connectivity index (χ3n) is 6.45. The quantitative estimate of drug-likeness (QED) is 0.404. The van der Waals surface area contributed by atoms with Gasteiger partial charge in [0.2, 0.25) is 5.65 Å². The highest BCUT2D eigenvalue weighted by Crippen LogP contribution is 2.27. The van der Waals surface area contributed by atoms with Crippen LogP contribution in [0, 0.1) is 12.3 Å². The summed E-state index contributed by atoms with van der Waals surface area (Å²) in [4.78, 5) is 25.9. The van der Waals surface area contributed by atoms with Crippen LogP contribution in [0.3, 0.4) is 0 Å². The third kappa shape index (κ3) is 4.94. The Morgan fingerprint density at radius 3 is 2.43 bits per heavy atom. The molecule has 35 heavy (non-hydrogen) atoms. The molecule has 0 unspecified atom stereocenters. The fraction of sp³-hybridized carbons (Fsp3) is 0.400. The number of piperazine rings is 1. The van der Waals surface area contributed by atoms with E-state index in [9.17, 15) is 4.79 Å². The molecule has 1 aromatic carbocycles. The summed E-state index contributed by atoms with van der Waals surface area (Å²) in [6.07, 6.45) is 1.72. The molecule has 2 aliphatic rings. The second-order valence-corrected chi connectivity index (χ2v) is 9.69. The molecular formula is C25H31N7O3. The second kappa shape index (κ2) is 9.20. The molecule has 0 radical (unpaired) electrons. The number of pyridine rings is 1. The number of fused-ring (bicyclic) bond motifs is 1. The van der Waals surface area contributed by atoms with Gasteiger partial charge in [-0.25, -0.2) is 10.8 Å². The first kappa shape index (κ1) is 23.1. The van der Waals surface area contributed by atoms with Gasteiger partial charge in [-0.1, -0.05) is 19.1 Å². The largest absolute Gasteiger partial charge is 0.422 e. The van der Waals surface area contributed by atoms with E-state index < -0.39 is 0 Å². The number of anilines is 1. The first-order chi connectivity index (χ1) is 16.8. The maximum Gasteiger partial charge on any atom is 0.300 e. The van der Waals surface area contributed by atoms with Gasteiger partial charge < -0.3 is 29.7 Å². The Labute approximate surface area is 204 Å². The molecule has 4 heterocycles. The van der Waals surface area contributed by atoms with Gasteiger partial charge in [0.15, 0.2) is 5.58 Å². The van der Waals surface area contributed by atoms with E-state index >= 15 is 0 Å². The highest BCUT2D eigenvalue weighted by atomic mass is 16.5. The lowest BCUT2D eigenvalue weighted by molar-refractivity contribution is -0.110. The van der Waals surface area contributed by atoms with E-state index in [1.165, 1.54) is 0 Å². The first-order valence-electron chi connectivity index (χ1n) is 11.7. The van der Waals surface area contributed by atoms with Gasteiger partial charge in [-0.2, -0.15) is 4.98 Å². The van der Waals surface area contributed by atoms with Crippen molar-refractivity contribution in [1.29, 1.82) is 0 Å². The van der Waals surface area contributed by atoms with Crippen LogP contribution in [-0.4, -0.2) is 71.7 Å². The fourth-order valence-electron chi connectivity index (χ4n) is 4.41. The zero-order chi connectivity index (χ0) is 24.6. The predicted molar refractivity (Wildman–Crippen MR) is 133 cm³/mol. The zero-order valence-corrected chi connectivity index (χ0v) is 20.1. The molecular weight excluding hydrogens is 446 g/mol. The van der Waals surface area contributed by atoms with Gasteiger partial charge in [0.25, 0.3) is 11.9 Å². The van der Waals surface area contributed by atoms with Crippen molar-refractivity contribution in [3.63, 3.8) is 0 Å². The maximum absolute atomic E-state index is 13.0. The van der Waals surface area contributed by atoms with Gasteiger partial charge in [0.1, 0.15) is 0 Å². The lowest BCUT2D eigenvalue weighted by Crippen LogP contribution is -2.49. The number of hydrogen-bond donors (Lipinski definition) is 2. The average molecular weight is 478 g/mol. The summed E-state index contributed by atoms with van der Waals surface area (Å²) in [6, 6.07) is 11.6. The molecule has 0 atom stereocenters. The lowest BCUT2D eigenvalue weighted by Gasteiger charge is -2.40. The maximum atomic E-state index is 13.0. The number of aromatic nitrogens is 2. The number of carbonyl (C=O) groups is 1. The molecule has 1 amide bonds. The topological polar surface area (TPSA) is 127 Å². The van der Waals surface area contributed by atoms with Crippen molar-refractivity contribution in [2.75, 3.05) is 50.8 Å². The Morgan fingerprint density at radius 2 is 1.77 bits per heavy atom. The van der Waals surface area contributed by atoms with Crippen molar-refractivity contribution in [1.82, 2.24) is 19.9 Å². The van der Waals surface area contributed by atoms with Crippen LogP contribution >= 0.6 is 0 Å². The van der Waals surface area contributed by atoms with Gasteiger partial charge in [0.05, 0.1) is 18.9 Å². The number of amides is 1. The van der Waals surface area contributed by atoms with Gasteiger partial charge in [-0.3, -0.25) is 4.79 Å². The van der Waals surface area contributed by atoms with Crippen LogP contribution in [0.5, 0.6) is 0 Å². The SMILES string of the molecule is Cc1ccc2oc(N3CCN(C(=O)c4ccc(/C(N)=C/N(N)CC5(C)COC5)cc4)CC3)nc2n1. The molecule has 0 aliphatic carbocycles. The van der Waals surface area contributed by atoms with Crippen molar-refractivity contribution in [3.8, 4) is 0 Å². The van der Waals surface area contributed by atoms with Crippen LogP contribution in [0.25, 0.3) is 16.9 Å². The number of nitrogens with two attached hydrogens (primary N) is 2. The molecule has 0 bridgehead atoms. The predicted octanol–water partition coefficient (Wildman–Crippen LogP) is 1.96. The van der Waals surface area contributed by atoms with Gasteiger partial charge in [-0.05, 0) is 36.8 Å². The number of rotatable bonds is 6. The summed E-state index contributed by atoms with van der Waals surface area (Å²) in [6.45, 7) is 8.56. The Morgan fingerprint density at radius 1 is 1.09 bits per heavy atom. The van der Waals surface area contributed by atoms with Crippen LogP contribution < -0.4 is 16.5 Å². The summed E-state index contributed by atoms with van der Waals surface area (Å²) in [7, 11) is 0. The first-order valence-corrected chi connectivity index (χ1v) is 11.7. The molecule has 184 valence electrons. The summed E-state index contributed by atoms with van der Waals surface area (Å²) in [5, 5.41) is 1.60. The fourth-order valence-corrected chi connectivity index (χ4v) is 4.41. The summed E-state index contributed by atoms with van der Waals surface area (Å²) in [5.74, 6) is 6.10. The monoisotopic (exact) mass is 477 g/mol. The molecule has 2 saturated heterocycles. The summed E-state index contributed by atoms with van der Waals surface area (Å²) in [5.41, 5.74) is 10.5. The summed E-state index contributed by atoms with van der Waals surface area (Å²) < 4.78 is 11.1. The minimum atomic E-state index is -0.00744. The van der Waals surface area contributed by atoms with Gasteiger partial charge in [-0.15, -0.1) is 0 Å². The molecule has 4 N–H and O–H groups in total. The van der Waals surface area contributed by atoms with Crippen LogP contribution in [0.1, 0.15) is 28.5 Å². The number of carbonyl (C=O) groups excluding carboxylic acids is 1. The van der Waals surface area contributed by atoms with Crippen molar-refractivity contribution in [2.24, 2.45) is 17.0 Å². The zero-order valence-electron chi connectivity index (χ0n) is 20.1. The number of benzene rings is 1. The van der Waals surface area contributed by atoms with Crippen molar-refractivity contribution in [3.05, 3.63) is 59.4 Å². The normalized spacial score (nSPS) is 18.0. The average Bonchev–Trinajstić information content (AvgIpc) is 3.26. The number of hydrazine groups is 1. The molecule has 2 aromatic heterocycles. The third-order valence-corrected chi connectivity index (χ3v) is 6.45. The summed E-state index contributed by atoms with van der Waals surface area (Å²) >= 11 is 0. The molecule has 10 nitrogen and oxygen atoms in total.